The van der Waals surface area contributed by atoms with E-state index in [1.54, 1.807) is 24.3 Å². The highest BCUT2D eigenvalue weighted by Crippen LogP contribution is 2.15. The first kappa shape index (κ1) is 13.5. The Bertz CT molecular complexity index is 663. The van der Waals surface area contributed by atoms with Crippen LogP contribution in [0.3, 0.4) is 0 Å². The molecule has 2 aromatic rings. The van der Waals surface area contributed by atoms with Crippen molar-refractivity contribution in [1.29, 1.82) is 0 Å². The van der Waals surface area contributed by atoms with Crippen LogP contribution in [-0.2, 0) is 16.4 Å². The molecular weight excluding hydrogens is 284 g/mol. The molecule has 0 radical (unpaired) electrons. The van der Waals surface area contributed by atoms with Crippen LogP contribution in [0.2, 0.25) is 0 Å². The van der Waals surface area contributed by atoms with E-state index in [0.717, 1.165) is 5.56 Å². The molecule has 4 N–H and O–H groups in total. The van der Waals surface area contributed by atoms with Crippen LogP contribution in [-0.4, -0.2) is 23.4 Å². The Morgan fingerprint density at radius 2 is 2.05 bits per heavy atom. The largest absolute Gasteiger partial charge is 0.393 e. The van der Waals surface area contributed by atoms with Gasteiger partial charge in [-0.1, -0.05) is 24.4 Å². The predicted molar refractivity (Wildman–Crippen MR) is 76.3 cm³/mol. The van der Waals surface area contributed by atoms with E-state index < -0.39 is 10.0 Å². The number of nitrogens with one attached hydrogen (secondary N) is 2. The van der Waals surface area contributed by atoms with Gasteiger partial charge in [-0.2, -0.15) is 8.42 Å². The van der Waals surface area contributed by atoms with Crippen LogP contribution in [0.1, 0.15) is 5.56 Å². The Hall–Kier alpha value is -1.93. The number of aromatic nitrogens is 2. The lowest BCUT2D eigenvalue weighted by Crippen LogP contribution is -2.14. The normalized spacial score (nSPS) is 11.2. The third-order valence-electron chi connectivity index (χ3n) is 2.35. The van der Waals surface area contributed by atoms with Crippen molar-refractivity contribution in [3.8, 4) is 0 Å². The Balaban J connectivity index is 2.14. The molecule has 0 aliphatic carbocycles. The Kier molecular flexibility index (Phi) is 3.82. The molecule has 8 heteroatoms. The van der Waals surface area contributed by atoms with Crippen molar-refractivity contribution in [1.82, 2.24) is 9.97 Å². The molecule has 0 bridgehead atoms. The summed E-state index contributed by atoms with van der Waals surface area (Å²) in [6.07, 6.45) is 3.03. The zero-order valence-corrected chi connectivity index (χ0v) is 11.5. The van der Waals surface area contributed by atoms with E-state index in [0.29, 0.717) is 17.1 Å². The third kappa shape index (κ3) is 3.52. The van der Waals surface area contributed by atoms with Crippen LogP contribution in [0.5, 0.6) is 0 Å². The molecule has 0 saturated carbocycles. The van der Waals surface area contributed by atoms with Crippen molar-refractivity contribution < 1.29 is 8.42 Å². The number of nitrogens with zero attached hydrogens (tertiary/aromatic N) is 1. The van der Waals surface area contributed by atoms with Gasteiger partial charge in [0.1, 0.15) is 0 Å². The number of thiocarbonyl (C=S) groups is 1. The minimum Gasteiger partial charge on any atom is -0.393 e. The highest BCUT2D eigenvalue weighted by Gasteiger charge is 2.15. The maximum atomic E-state index is 11.9. The lowest BCUT2D eigenvalue weighted by Gasteiger charge is -2.07. The van der Waals surface area contributed by atoms with E-state index in [4.69, 9.17) is 18.0 Å². The van der Waals surface area contributed by atoms with E-state index in [9.17, 15) is 8.42 Å². The maximum absolute atomic E-state index is 11.9. The molecule has 6 nitrogen and oxygen atoms in total. The van der Waals surface area contributed by atoms with Gasteiger partial charge in [-0.25, -0.2) is 4.98 Å². The second-order valence-corrected chi connectivity index (χ2v) is 6.04. The molecule has 0 spiro atoms. The standard InChI is InChI=1S/C11H12N4O2S2/c12-10(18)5-8-1-3-9(4-2-8)15-19(16,17)11-6-13-7-14-11/h1-4,6-7,15H,5H2,(H2,12,18)(H,13,14). The summed E-state index contributed by atoms with van der Waals surface area (Å²) in [5.41, 5.74) is 6.82. The second kappa shape index (κ2) is 5.37. The molecule has 19 heavy (non-hydrogen) atoms. The number of H-pyrrole nitrogens is 1. The molecule has 0 amide bonds. The molecule has 0 unspecified atom stereocenters. The highest BCUT2D eigenvalue weighted by atomic mass is 32.2. The van der Waals surface area contributed by atoms with Gasteiger partial charge in [0.2, 0.25) is 0 Å². The average molecular weight is 296 g/mol. The molecule has 0 atom stereocenters. The summed E-state index contributed by atoms with van der Waals surface area (Å²) in [7, 11) is -3.62. The van der Waals surface area contributed by atoms with Crippen LogP contribution in [0, 0.1) is 0 Å². The predicted octanol–water partition coefficient (Wildman–Crippen LogP) is 1.04. The summed E-state index contributed by atoms with van der Waals surface area (Å²) in [6, 6.07) is 6.84. The summed E-state index contributed by atoms with van der Waals surface area (Å²) in [5.74, 6) is 0. The molecule has 2 rings (SSSR count). The van der Waals surface area contributed by atoms with Gasteiger partial charge < -0.3 is 10.7 Å². The molecule has 1 heterocycles. The zero-order chi connectivity index (χ0) is 13.9. The van der Waals surface area contributed by atoms with Crippen molar-refractivity contribution in [2.75, 3.05) is 4.72 Å². The molecule has 1 aromatic heterocycles. The highest BCUT2D eigenvalue weighted by molar-refractivity contribution is 7.92. The monoisotopic (exact) mass is 296 g/mol. The van der Waals surface area contributed by atoms with Gasteiger partial charge in [0.05, 0.1) is 17.5 Å². The molecule has 0 saturated heterocycles. The maximum Gasteiger partial charge on any atom is 0.278 e. The fourth-order valence-corrected chi connectivity index (χ4v) is 2.62. The van der Waals surface area contributed by atoms with E-state index in [-0.39, 0.29) is 5.03 Å². The van der Waals surface area contributed by atoms with Gasteiger partial charge in [0.15, 0.2) is 5.03 Å². The number of benzene rings is 1. The Morgan fingerprint density at radius 1 is 1.37 bits per heavy atom. The van der Waals surface area contributed by atoms with Crippen molar-refractivity contribution in [2.24, 2.45) is 5.73 Å². The molecule has 0 fully saturated rings. The summed E-state index contributed by atoms with van der Waals surface area (Å²) in [4.78, 5) is 6.61. The first-order valence-corrected chi connectivity index (χ1v) is 7.25. The van der Waals surface area contributed by atoms with Gasteiger partial charge in [0, 0.05) is 12.1 Å². The van der Waals surface area contributed by atoms with Gasteiger partial charge in [-0.3, -0.25) is 4.72 Å². The number of imidazole rings is 1. The average Bonchev–Trinajstić information content (AvgIpc) is 2.85. The number of anilines is 1. The van der Waals surface area contributed by atoms with Gasteiger partial charge >= 0.3 is 0 Å². The summed E-state index contributed by atoms with van der Waals surface area (Å²) in [5, 5.41) is 0.0136. The van der Waals surface area contributed by atoms with Crippen LogP contribution in [0.15, 0.2) is 41.8 Å². The number of sulfonamides is 1. The number of hydrogen-bond donors (Lipinski definition) is 3. The van der Waals surface area contributed by atoms with Crippen molar-refractivity contribution in [3.63, 3.8) is 0 Å². The molecule has 0 aliphatic heterocycles. The number of hydrogen-bond acceptors (Lipinski definition) is 4. The van der Waals surface area contributed by atoms with Crippen molar-refractivity contribution in [3.05, 3.63) is 42.4 Å². The zero-order valence-electron chi connectivity index (χ0n) is 9.83. The summed E-state index contributed by atoms with van der Waals surface area (Å²) < 4.78 is 26.2. The summed E-state index contributed by atoms with van der Waals surface area (Å²) in [6.45, 7) is 0. The van der Waals surface area contributed by atoms with Crippen LogP contribution >= 0.6 is 12.2 Å². The van der Waals surface area contributed by atoms with Crippen LogP contribution in [0.4, 0.5) is 5.69 Å². The van der Waals surface area contributed by atoms with E-state index in [1.807, 2.05) is 0 Å². The van der Waals surface area contributed by atoms with Gasteiger partial charge in [-0.15, -0.1) is 0 Å². The number of rotatable bonds is 5. The van der Waals surface area contributed by atoms with Gasteiger partial charge in [-0.05, 0) is 17.7 Å². The van der Waals surface area contributed by atoms with E-state index >= 15 is 0 Å². The SMILES string of the molecule is NC(=S)Cc1ccc(NS(=O)(=O)c2cnc[nH]2)cc1. The summed E-state index contributed by atoms with van der Waals surface area (Å²) >= 11 is 4.81. The minimum atomic E-state index is -3.62. The fraction of sp³-hybridized carbons (Fsp3) is 0.0909. The number of nitrogens with two attached hydrogens (primary N) is 1. The molecule has 100 valence electrons. The lowest BCUT2D eigenvalue weighted by atomic mass is 10.1. The molecular formula is C11H12N4O2S2. The Morgan fingerprint density at radius 3 is 2.58 bits per heavy atom. The quantitative estimate of drug-likeness (QED) is 0.716. The van der Waals surface area contributed by atoms with Gasteiger partial charge in [0.25, 0.3) is 10.0 Å². The fourth-order valence-electron chi connectivity index (χ4n) is 1.49. The van der Waals surface area contributed by atoms with Crippen molar-refractivity contribution in [2.45, 2.75) is 11.4 Å². The number of aromatic amines is 1. The van der Waals surface area contributed by atoms with E-state index in [2.05, 4.69) is 14.7 Å². The van der Waals surface area contributed by atoms with Crippen LogP contribution in [0.25, 0.3) is 0 Å². The molecule has 0 aliphatic rings. The van der Waals surface area contributed by atoms with Crippen molar-refractivity contribution >= 4 is 32.9 Å². The topological polar surface area (TPSA) is 101 Å². The lowest BCUT2D eigenvalue weighted by molar-refractivity contribution is 0.598. The van der Waals surface area contributed by atoms with Crippen LogP contribution < -0.4 is 10.5 Å². The molecule has 1 aromatic carbocycles. The third-order valence-corrected chi connectivity index (χ3v) is 3.80. The van der Waals surface area contributed by atoms with E-state index in [1.165, 1.54) is 12.5 Å². The first-order valence-electron chi connectivity index (χ1n) is 5.36. The minimum absolute atomic E-state index is 0.0136. The first-order chi connectivity index (χ1) is 8.97. The smallest absolute Gasteiger partial charge is 0.278 e. The second-order valence-electron chi connectivity index (χ2n) is 3.86. The Labute approximate surface area is 116 Å².